The second-order valence-corrected chi connectivity index (χ2v) is 9.55. The highest BCUT2D eigenvalue weighted by molar-refractivity contribution is 7.92. The molecule has 1 fully saturated rings. The largest absolute Gasteiger partial charge is 0.505 e. The van der Waals surface area contributed by atoms with Crippen LogP contribution in [0.1, 0.15) is 44.6 Å². The molecule has 152 valence electrons. The van der Waals surface area contributed by atoms with Gasteiger partial charge in [-0.1, -0.05) is 56.5 Å². The van der Waals surface area contributed by atoms with Crippen LogP contribution in [0.25, 0.3) is 0 Å². The van der Waals surface area contributed by atoms with E-state index in [4.69, 9.17) is 5.73 Å². The average Bonchev–Trinajstić information content (AvgIpc) is 2.72. The molecule has 3 rings (SSSR count). The summed E-state index contributed by atoms with van der Waals surface area (Å²) in [7, 11) is -3.78. The number of hydrogen-bond donors (Lipinski definition) is 2. The van der Waals surface area contributed by atoms with Gasteiger partial charge in [0.05, 0.1) is 10.6 Å². The van der Waals surface area contributed by atoms with Gasteiger partial charge in [0.2, 0.25) is 0 Å². The SMILES string of the molecule is C[C@@H](CN)Cc1cccc(N(C2CCCCC2)S(=O)(=O)c2ccccc2)c1O. The molecule has 0 unspecified atom stereocenters. The Morgan fingerprint density at radius 3 is 2.39 bits per heavy atom. The van der Waals surface area contributed by atoms with Gasteiger partial charge >= 0.3 is 0 Å². The summed E-state index contributed by atoms with van der Waals surface area (Å²) in [6, 6.07) is 13.7. The Morgan fingerprint density at radius 2 is 1.75 bits per heavy atom. The summed E-state index contributed by atoms with van der Waals surface area (Å²) in [5.74, 6) is 0.253. The fourth-order valence-corrected chi connectivity index (χ4v) is 5.66. The zero-order chi connectivity index (χ0) is 20.1. The van der Waals surface area contributed by atoms with Crippen molar-refractivity contribution in [1.82, 2.24) is 0 Å². The normalized spacial score (nSPS) is 16.6. The molecule has 1 aliphatic rings. The lowest BCUT2D eigenvalue weighted by atomic mass is 9.94. The van der Waals surface area contributed by atoms with Crippen LogP contribution in [0, 0.1) is 5.92 Å². The summed E-state index contributed by atoms with van der Waals surface area (Å²) in [6.45, 7) is 2.53. The molecule has 0 amide bonds. The highest BCUT2D eigenvalue weighted by Gasteiger charge is 2.34. The van der Waals surface area contributed by atoms with Crippen LogP contribution in [0.4, 0.5) is 5.69 Å². The minimum absolute atomic E-state index is 0.0490. The molecule has 0 spiro atoms. The van der Waals surface area contributed by atoms with Crippen molar-refractivity contribution in [3.8, 4) is 5.75 Å². The van der Waals surface area contributed by atoms with Gasteiger partial charge in [-0.2, -0.15) is 0 Å². The lowest BCUT2D eigenvalue weighted by Crippen LogP contribution is -2.41. The van der Waals surface area contributed by atoms with Crippen LogP contribution in [0.3, 0.4) is 0 Å². The number of para-hydroxylation sites is 1. The smallest absolute Gasteiger partial charge is 0.264 e. The fourth-order valence-electron chi connectivity index (χ4n) is 3.92. The predicted octanol–water partition coefficient (Wildman–Crippen LogP) is 4.06. The number of hydrogen-bond acceptors (Lipinski definition) is 4. The van der Waals surface area contributed by atoms with Gasteiger partial charge in [0.1, 0.15) is 5.75 Å². The Balaban J connectivity index is 2.09. The molecule has 2 aromatic carbocycles. The van der Waals surface area contributed by atoms with Gasteiger partial charge in [0, 0.05) is 6.04 Å². The highest BCUT2D eigenvalue weighted by atomic mass is 32.2. The number of benzene rings is 2. The maximum absolute atomic E-state index is 13.6. The molecule has 28 heavy (non-hydrogen) atoms. The zero-order valence-corrected chi connectivity index (χ0v) is 17.2. The van der Waals surface area contributed by atoms with E-state index in [0.29, 0.717) is 18.7 Å². The van der Waals surface area contributed by atoms with Crippen LogP contribution in [0.2, 0.25) is 0 Å². The second kappa shape index (κ2) is 8.97. The molecule has 1 aliphatic carbocycles. The lowest BCUT2D eigenvalue weighted by molar-refractivity contribution is 0.427. The minimum atomic E-state index is -3.78. The molecule has 0 bridgehead atoms. The van der Waals surface area contributed by atoms with Gasteiger partial charge in [-0.15, -0.1) is 0 Å². The first-order valence-electron chi connectivity index (χ1n) is 10.1. The van der Waals surface area contributed by atoms with E-state index in [1.54, 1.807) is 36.4 Å². The third-order valence-corrected chi connectivity index (χ3v) is 7.39. The van der Waals surface area contributed by atoms with Crippen LogP contribution >= 0.6 is 0 Å². The third-order valence-electron chi connectivity index (χ3n) is 5.51. The maximum atomic E-state index is 13.6. The van der Waals surface area contributed by atoms with E-state index in [-0.39, 0.29) is 22.6 Å². The molecule has 5 nitrogen and oxygen atoms in total. The Kier molecular flexibility index (Phi) is 6.62. The summed E-state index contributed by atoms with van der Waals surface area (Å²) < 4.78 is 28.6. The average molecular weight is 403 g/mol. The highest BCUT2D eigenvalue weighted by Crippen LogP contribution is 2.39. The number of sulfonamides is 1. The van der Waals surface area contributed by atoms with Crippen molar-refractivity contribution in [3.05, 3.63) is 54.1 Å². The van der Waals surface area contributed by atoms with E-state index in [9.17, 15) is 13.5 Å². The molecule has 6 heteroatoms. The lowest BCUT2D eigenvalue weighted by Gasteiger charge is -2.35. The van der Waals surface area contributed by atoms with Crippen molar-refractivity contribution in [1.29, 1.82) is 0 Å². The van der Waals surface area contributed by atoms with Crippen molar-refractivity contribution in [3.63, 3.8) is 0 Å². The van der Waals surface area contributed by atoms with E-state index >= 15 is 0 Å². The number of phenols is 1. The van der Waals surface area contributed by atoms with Gasteiger partial charge in [-0.3, -0.25) is 4.31 Å². The molecule has 3 N–H and O–H groups in total. The topological polar surface area (TPSA) is 83.6 Å². The van der Waals surface area contributed by atoms with Crippen LogP contribution in [-0.4, -0.2) is 26.1 Å². The maximum Gasteiger partial charge on any atom is 0.264 e. The summed E-state index contributed by atoms with van der Waals surface area (Å²) >= 11 is 0. The number of rotatable bonds is 7. The molecule has 0 heterocycles. The molecular weight excluding hydrogens is 372 g/mol. The minimum Gasteiger partial charge on any atom is -0.505 e. The number of nitrogens with zero attached hydrogens (tertiary/aromatic N) is 1. The fraction of sp³-hybridized carbons (Fsp3) is 0.455. The Morgan fingerprint density at radius 1 is 1.07 bits per heavy atom. The first kappa shape index (κ1) is 20.7. The summed E-state index contributed by atoms with van der Waals surface area (Å²) in [5, 5.41) is 11.0. The van der Waals surface area contributed by atoms with Crippen LogP contribution in [0.15, 0.2) is 53.4 Å². The molecule has 0 aromatic heterocycles. The summed E-state index contributed by atoms with van der Waals surface area (Å²) in [6.07, 6.45) is 5.33. The van der Waals surface area contributed by atoms with Crippen LogP contribution in [-0.2, 0) is 16.4 Å². The molecular formula is C22H30N2O3S. The quantitative estimate of drug-likeness (QED) is 0.732. The van der Waals surface area contributed by atoms with E-state index in [1.165, 1.54) is 4.31 Å². The van der Waals surface area contributed by atoms with E-state index < -0.39 is 10.0 Å². The first-order valence-corrected chi connectivity index (χ1v) is 11.5. The van der Waals surface area contributed by atoms with Gasteiger partial charge in [0.15, 0.2) is 0 Å². The van der Waals surface area contributed by atoms with Gasteiger partial charge < -0.3 is 10.8 Å². The van der Waals surface area contributed by atoms with Crippen molar-refractivity contribution in [2.24, 2.45) is 11.7 Å². The Hall–Kier alpha value is -2.05. The second-order valence-electron chi connectivity index (χ2n) is 7.74. The molecule has 1 atom stereocenters. The molecule has 0 radical (unpaired) electrons. The Bertz CT molecular complexity index is 878. The zero-order valence-electron chi connectivity index (χ0n) is 16.4. The van der Waals surface area contributed by atoms with Crippen molar-refractivity contribution in [2.45, 2.75) is 56.4 Å². The van der Waals surface area contributed by atoms with Crippen molar-refractivity contribution in [2.75, 3.05) is 10.8 Å². The van der Waals surface area contributed by atoms with E-state index in [0.717, 1.165) is 37.7 Å². The molecule has 2 aromatic rings. The van der Waals surface area contributed by atoms with E-state index in [2.05, 4.69) is 0 Å². The summed E-state index contributed by atoms with van der Waals surface area (Å²) in [5.41, 5.74) is 6.85. The third kappa shape index (κ3) is 4.33. The number of anilines is 1. The van der Waals surface area contributed by atoms with Crippen molar-refractivity contribution < 1.29 is 13.5 Å². The molecule has 0 aliphatic heterocycles. The van der Waals surface area contributed by atoms with Gasteiger partial charge in [0.25, 0.3) is 10.0 Å². The van der Waals surface area contributed by atoms with Crippen LogP contribution < -0.4 is 10.0 Å². The number of aromatic hydroxyl groups is 1. The van der Waals surface area contributed by atoms with Crippen molar-refractivity contribution >= 4 is 15.7 Å². The standard InChI is InChI=1S/C22H30N2O3S/c1-17(16-23)15-18-9-8-14-21(22(18)25)24(19-10-4-2-5-11-19)28(26,27)20-12-6-3-7-13-20/h3,6-9,12-14,17,19,25H,2,4-5,10-11,15-16,23H2,1H3/t17-/m1/s1. The number of phenolic OH excluding ortho intramolecular Hbond substituents is 1. The molecule has 0 saturated heterocycles. The van der Waals surface area contributed by atoms with Gasteiger partial charge in [-0.05, 0) is 55.5 Å². The van der Waals surface area contributed by atoms with Crippen LogP contribution in [0.5, 0.6) is 5.75 Å². The number of nitrogens with two attached hydrogens (primary N) is 1. The Labute approximate surface area is 168 Å². The monoisotopic (exact) mass is 402 g/mol. The van der Waals surface area contributed by atoms with E-state index in [1.807, 2.05) is 19.1 Å². The molecule has 1 saturated carbocycles. The summed E-state index contributed by atoms with van der Waals surface area (Å²) in [4.78, 5) is 0.251. The van der Waals surface area contributed by atoms with Gasteiger partial charge in [-0.25, -0.2) is 8.42 Å². The predicted molar refractivity (Wildman–Crippen MR) is 113 cm³/mol. The first-order chi connectivity index (χ1) is 13.4.